The van der Waals surface area contributed by atoms with Crippen molar-refractivity contribution in [1.82, 2.24) is 0 Å². The normalized spacial score (nSPS) is 34.3. The fourth-order valence-electron chi connectivity index (χ4n) is 4.19. The second-order valence-electron chi connectivity index (χ2n) is 7.46. The molecule has 3 unspecified atom stereocenters. The van der Waals surface area contributed by atoms with Crippen molar-refractivity contribution < 1.29 is 12.6 Å². The van der Waals surface area contributed by atoms with Gasteiger partial charge >= 0.3 is 0 Å². The molecule has 2 aliphatic carbocycles. The van der Waals surface area contributed by atoms with Crippen molar-refractivity contribution in [3.8, 4) is 0 Å². The monoisotopic (exact) mass is 308 g/mol. The number of fused-ring (bicyclic) bond motifs is 2. The lowest BCUT2D eigenvalue weighted by molar-refractivity contribution is 0.0345. The van der Waals surface area contributed by atoms with Crippen molar-refractivity contribution in [2.45, 2.75) is 58.0 Å². The standard InChI is InChI=1S/C17H24O3S/c1-12-5-7-14(8-6-12)21(18,19)20-15-11-13-9-10-17(15,4)16(13,2)3/h5-8,13,15H,9-11H2,1-4H3. The number of aryl methyl sites for hydroxylation is 1. The summed E-state index contributed by atoms with van der Waals surface area (Å²) in [4.78, 5) is 0.261. The summed E-state index contributed by atoms with van der Waals surface area (Å²) in [5.41, 5.74) is 1.15. The molecule has 0 radical (unpaired) electrons. The van der Waals surface area contributed by atoms with Gasteiger partial charge in [0.25, 0.3) is 10.1 Å². The Balaban J connectivity index is 1.86. The van der Waals surface area contributed by atoms with Gasteiger partial charge in [-0.05, 0) is 49.7 Å². The van der Waals surface area contributed by atoms with Crippen LogP contribution in [0.2, 0.25) is 0 Å². The zero-order valence-corrected chi connectivity index (χ0v) is 14.0. The minimum absolute atomic E-state index is 0.0462. The highest BCUT2D eigenvalue weighted by molar-refractivity contribution is 7.86. The topological polar surface area (TPSA) is 43.4 Å². The molecule has 116 valence electrons. The molecular formula is C17H24O3S. The van der Waals surface area contributed by atoms with Crippen molar-refractivity contribution in [2.24, 2.45) is 16.7 Å². The van der Waals surface area contributed by atoms with E-state index in [9.17, 15) is 8.42 Å². The van der Waals surface area contributed by atoms with E-state index in [-0.39, 0.29) is 21.8 Å². The molecule has 2 fully saturated rings. The predicted octanol–water partition coefficient (Wildman–Crippen LogP) is 3.92. The van der Waals surface area contributed by atoms with Crippen LogP contribution in [0.1, 0.15) is 45.6 Å². The van der Waals surface area contributed by atoms with E-state index in [2.05, 4.69) is 20.8 Å². The van der Waals surface area contributed by atoms with Gasteiger partial charge in [-0.15, -0.1) is 0 Å². The molecule has 2 bridgehead atoms. The van der Waals surface area contributed by atoms with E-state index in [1.54, 1.807) is 12.1 Å². The third-order valence-electron chi connectivity index (χ3n) is 6.27. The van der Waals surface area contributed by atoms with Gasteiger partial charge in [-0.1, -0.05) is 38.5 Å². The summed E-state index contributed by atoms with van der Waals surface area (Å²) in [5, 5.41) is 0. The molecule has 21 heavy (non-hydrogen) atoms. The molecule has 0 saturated heterocycles. The second-order valence-corrected chi connectivity index (χ2v) is 9.03. The molecule has 3 atom stereocenters. The largest absolute Gasteiger partial charge is 0.297 e. The minimum Gasteiger partial charge on any atom is -0.262 e. The van der Waals surface area contributed by atoms with Crippen molar-refractivity contribution in [3.05, 3.63) is 29.8 Å². The van der Waals surface area contributed by atoms with Crippen LogP contribution in [0, 0.1) is 23.7 Å². The first kappa shape index (κ1) is 15.0. The highest BCUT2D eigenvalue weighted by atomic mass is 32.2. The van der Waals surface area contributed by atoms with Crippen LogP contribution < -0.4 is 0 Å². The highest BCUT2D eigenvalue weighted by Crippen LogP contribution is 2.66. The quantitative estimate of drug-likeness (QED) is 0.795. The summed E-state index contributed by atoms with van der Waals surface area (Å²) in [5.74, 6) is 0.570. The van der Waals surface area contributed by atoms with Gasteiger partial charge in [-0.25, -0.2) is 0 Å². The van der Waals surface area contributed by atoms with Crippen LogP contribution in [0.5, 0.6) is 0 Å². The SMILES string of the molecule is Cc1ccc(S(=O)(=O)OC2CC3CCC2(C)C3(C)C)cc1. The van der Waals surface area contributed by atoms with Gasteiger partial charge in [0.15, 0.2) is 0 Å². The van der Waals surface area contributed by atoms with Crippen LogP contribution in [0.3, 0.4) is 0 Å². The summed E-state index contributed by atoms with van der Waals surface area (Å²) in [6.07, 6.45) is 2.90. The Hall–Kier alpha value is -0.870. The molecule has 0 amide bonds. The van der Waals surface area contributed by atoms with Crippen molar-refractivity contribution >= 4 is 10.1 Å². The summed E-state index contributed by atoms with van der Waals surface area (Å²) in [7, 11) is -3.67. The molecular weight excluding hydrogens is 284 g/mol. The van der Waals surface area contributed by atoms with E-state index in [1.165, 1.54) is 6.42 Å². The third kappa shape index (κ3) is 2.15. The van der Waals surface area contributed by atoms with E-state index in [4.69, 9.17) is 4.18 Å². The molecule has 0 spiro atoms. The van der Waals surface area contributed by atoms with Crippen LogP contribution in [0.4, 0.5) is 0 Å². The Morgan fingerprint density at radius 1 is 1.14 bits per heavy atom. The van der Waals surface area contributed by atoms with Gasteiger partial charge in [0.05, 0.1) is 11.0 Å². The molecule has 2 aliphatic rings. The van der Waals surface area contributed by atoms with Crippen LogP contribution >= 0.6 is 0 Å². The van der Waals surface area contributed by atoms with Crippen molar-refractivity contribution in [3.63, 3.8) is 0 Å². The molecule has 3 rings (SSSR count). The molecule has 0 aliphatic heterocycles. The lowest BCUT2D eigenvalue weighted by Gasteiger charge is -2.38. The van der Waals surface area contributed by atoms with Crippen molar-refractivity contribution in [1.29, 1.82) is 0 Å². The van der Waals surface area contributed by atoms with Gasteiger partial charge in [-0.2, -0.15) is 8.42 Å². The molecule has 2 saturated carbocycles. The second kappa shape index (κ2) is 4.56. The maximum Gasteiger partial charge on any atom is 0.297 e. The highest BCUT2D eigenvalue weighted by Gasteiger charge is 2.62. The Labute approximate surface area is 127 Å². The van der Waals surface area contributed by atoms with E-state index in [0.29, 0.717) is 5.92 Å². The summed E-state index contributed by atoms with van der Waals surface area (Å²) >= 11 is 0. The molecule has 1 aromatic rings. The molecule has 0 N–H and O–H groups in total. The van der Waals surface area contributed by atoms with Gasteiger partial charge in [-0.3, -0.25) is 4.18 Å². The molecule has 3 nitrogen and oxygen atoms in total. The Morgan fingerprint density at radius 3 is 2.24 bits per heavy atom. The zero-order chi connectivity index (χ0) is 15.5. The fourth-order valence-corrected chi connectivity index (χ4v) is 5.37. The maximum atomic E-state index is 12.5. The first-order valence-corrected chi connectivity index (χ1v) is 9.08. The Kier molecular flexibility index (Phi) is 3.27. The number of rotatable bonds is 3. The Bertz CT molecular complexity index is 645. The van der Waals surface area contributed by atoms with Crippen LogP contribution in [-0.2, 0) is 14.3 Å². The third-order valence-corrected chi connectivity index (χ3v) is 7.60. The molecule has 4 heteroatoms. The lowest BCUT2D eigenvalue weighted by Crippen LogP contribution is -2.38. The van der Waals surface area contributed by atoms with E-state index < -0.39 is 10.1 Å². The zero-order valence-electron chi connectivity index (χ0n) is 13.2. The average Bonchev–Trinajstić information content (AvgIpc) is 2.72. The number of benzene rings is 1. The van der Waals surface area contributed by atoms with E-state index >= 15 is 0 Å². The van der Waals surface area contributed by atoms with Crippen LogP contribution in [-0.4, -0.2) is 14.5 Å². The first-order valence-electron chi connectivity index (χ1n) is 7.67. The minimum atomic E-state index is -3.67. The predicted molar refractivity (Wildman–Crippen MR) is 82.5 cm³/mol. The fraction of sp³-hybridized carbons (Fsp3) is 0.647. The summed E-state index contributed by atoms with van der Waals surface area (Å²) in [6, 6.07) is 6.88. The van der Waals surface area contributed by atoms with Crippen LogP contribution in [0.15, 0.2) is 29.2 Å². The van der Waals surface area contributed by atoms with E-state index in [1.807, 2.05) is 19.1 Å². The lowest BCUT2D eigenvalue weighted by atomic mass is 9.70. The molecule has 0 aromatic heterocycles. The smallest absolute Gasteiger partial charge is 0.262 e. The van der Waals surface area contributed by atoms with Crippen LogP contribution in [0.25, 0.3) is 0 Å². The number of hydrogen-bond acceptors (Lipinski definition) is 3. The van der Waals surface area contributed by atoms with E-state index in [0.717, 1.165) is 18.4 Å². The van der Waals surface area contributed by atoms with Gasteiger partial charge in [0.1, 0.15) is 0 Å². The summed E-state index contributed by atoms with van der Waals surface area (Å²) in [6.45, 7) is 8.64. The van der Waals surface area contributed by atoms with Crippen molar-refractivity contribution in [2.75, 3.05) is 0 Å². The molecule has 0 heterocycles. The molecule has 1 aromatic carbocycles. The van der Waals surface area contributed by atoms with Gasteiger partial charge in [0.2, 0.25) is 0 Å². The summed E-state index contributed by atoms with van der Waals surface area (Å²) < 4.78 is 30.7. The average molecular weight is 308 g/mol. The number of hydrogen-bond donors (Lipinski definition) is 0. The Morgan fingerprint density at radius 2 is 1.76 bits per heavy atom. The first-order chi connectivity index (χ1) is 9.67. The maximum absolute atomic E-state index is 12.5. The van der Waals surface area contributed by atoms with Gasteiger partial charge < -0.3 is 0 Å². The van der Waals surface area contributed by atoms with Gasteiger partial charge in [0, 0.05) is 5.41 Å².